The van der Waals surface area contributed by atoms with Crippen LogP contribution in [-0.2, 0) is 16.8 Å². The lowest BCUT2D eigenvalue weighted by Gasteiger charge is -2.32. The summed E-state index contributed by atoms with van der Waals surface area (Å²) in [6, 6.07) is 18.7. The molecule has 2 aromatic carbocycles. The topological polar surface area (TPSA) is 112 Å². The van der Waals surface area contributed by atoms with Crippen molar-refractivity contribution in [3.8, 4) is 6.07 Å². The Morgan fingerprint density at radius 1 is 1.07 bits per heavy atom. The third kappa shape index (κ3) is 3.67. The van der Waals surface area contributed by atoms with Gasteiger partial charge in [-0.25, -0.2) is 14.2 Å². The minimum Gasteiger partial charge on any atom is -0.286 e. The van der Waals surface area contributed by atoms with Crippen LogP contribution in [0, 0.1) is 11.3 Å². The average Bonchev–Trinajstić information content (AvgIpc) is 3.73. The first-order chi connectivity index (χ1) is 20.1. The number of fused-ring (bicyclic) bond motifs is 2. The van der Waals surface area contributed by atoms with Crippen LogP contribution in [0.3, 0.4) is 0 Å². The molecule has 4 atom stereocenters. The van der Waals surface area contributed by atoms with Crippen molar-refractivity contribution in [1.29, 1.82) is 5.26 Å². The van der Waals surface area contributed by atoms with E-state index >= 15 is 0 Å². The molecule has 5 heterocycles. The van der Waals surface area contributed by atoms with Crippen molar-refractivity contribution in [2.45, 2.75) is 44.8 Å². The highest BCUT2D eigenvalue weighted by molar-refractivity contribution is 6.22. The Labute approximate surface area is 243 Å². The highest BCUT2D eigenvalue weighted by atomic mass is 16.2. The largest absolute Gasteiger partial charge is 0.433 e. The zero-order valence-corrected chi connectivity index (χ0v) is 23.7. The Morgan fingerprint density at radius 2 is 1.86 bits per heavy atom. The molecular weight excluding hydrogens is 530 g/mol. The fourth-order valence-corrected chi connectivity index (χ4v) is 6.73. The normalized spacial score (nSPS) is 24.8. The van der Waals surface area contributed by atoms with E-state index in [-0.39, 0.29) is 21.6 Å². The number of hydrogen-bond acceptors (Lipinski definition) is 7. The number of piperazine rings is 1. The number of nitriles is 1. The van der Waals surface area contributed by atoms with Gasteiger partial charge in [-0.3, -0.25) is 19.3 Å². The number of rotatable bonds is 5. The second kappa shape index (κ2) is 9.14. The van der Waals surface area contributed by atoms with Crippen molar-refractivity contribution in [3.05, 3.63) is 89.4 Å². The van der Waals surface area contributed by atoms with Gasteiger partial charge in [-0.2, -0.15) is 15.3 Å². The molecule has 42 heavy (non-hydrogen) atoms. The Balaban J connectivity index is 1.30. The molecule has 3 saturated heterocycles. The lowest BCUT2D eigenvalue weighted by Crippen LogP contribution is -2.62. The van der Waals surface area contributed by atoms with Gasteiger partial charge in [0.15, 0.2) is 12.1 Å². The lowest BCUT2D eigenvalue weighted by atomic mass is 9.91. The molecule has 1 spiro atoms. The minimum absolute atomic E-state index is 0.185. The first-order valence-electron chi connectivity index (χ1n) is 14.1. The molecule has 4 aromatic rings. The van der Waals surface area contributed by atoms with Crippen LogP contribution in [0.2, 0.25) is 0 Å². The number of ketones is 1. The SMILES string of the molecule is CC(C)(C)c1cc(C(=O)C2CN3CC4C(=O)N(c5ccc(C#N)c6ncccc56)C(=O)[N+]24C3)n(Cc2ccccc2)n1. The molecule has 7 rings (SSSR count). The number of urea groups is 1. The molecule has 0 saturated carbocycles. The molecule has 10 nitrogen and oxygen atoms in total. The fourth-order valence-electron chi connectivity index (χ4n) is 6.73. The third-order valence-corrected chi connectivity index (χ3v) is 8.85. The van der Waals surface area contributed by atoms with E-state index in [2.05, 4.69) is 31.8 Å². The Bertz CT molecular complexity index is 1830. The molecule has 0 radical (unpaired) electrons. The van der Waals surface area contributed by atoms with Crippen LogP contribution in [0.4, 0.5) is 10.5 Å². The second-order valence-corrected chi connectivity index (χ2v) is 12.4. The summed E-state index contributed by atoms with van der Waals surface area (Å²) in [5.74, 6) is -0.515. The number of carbonyl (C=O) groups excluding carboxylic acids is 3. The van der Waals surface area contributed by atoms with Gasteiger partial charge in [-0.05, 0) is 35.9 Å². The van der Waals surface area contributed by atoms with Crippen LogP contribution in [0.1, 0.15) is 48.1 Å². The molecule has 2 aromatic heterocycles. The van der Waals surface area contributed by atoms with E-state index in [4.69, 9.17) is 5.10 Å². The predicted molar refractivity (Wildman–Crippen MR) is 154 cm³/mol. The molecule has 0 aliphatic carbocycles. The summed E-state index contributed by atoms with van der Waals surface area (Å²) in [4.78, 5) is 50.5. The third-order valence-electron chi connectivity index (χ3n) is 8.85. The standard InChI is InChI=1S/C32H30N7O3/c1-32(2,3)27-14-24(37(35-27)16-20-8-5-4-6-9-20)29(40)25-17-36-18-26-30(41)38(31(42)39(25,26)19-36)23-12-11-21(15-33)28-22(23)10-7-13-34-28/h4-14,25-26H,16-19H2,1-3H3/q+1. The van der Waals surface area contributed by atoms with Gasteiger partial charge >= 0.3 is 6.03 Å². The van der Waals surface area contributed by atoms with Gasteiger partial charge in [0.05, 0.1) is 42.1 Å². The average molecular weight is 561 g/mol. The van der Waals surface area contributed by atoms with E-state index < -0.39 is 18.1 Å². The van der Waals surface area contributed by atoms with Gasteiger partial charge in [-0.15, -0.1) is 0 Å². The van der Waals surface area contributed by atoms with Crippen molar-refractivity contribution in [1.82, 2.24) is 19.7 Å². The van der Waals surface area contributed by atoms with Crippen molar-refractivity contribution >= 4 is 34.3 Å². The number of amides is 3. The Kier molecular flexibility index (Phi) is 5.70. The quantitative estimate of drug-likeness (QED) is 0.207. The smallest absolute Gasteiger partial charge is 0.286 e. The molecule has 0 N–H and O–H groups in total. The minimum atomic E-state index is -0.744. The van der Waals surface area contributed by atoms with Crippen molar-refractivity contribution in [2.75, 3.05) is 24.7 Å². The predicted octanol–water partition coefficient (Wildman–Crippen LogP) is 3.84. The van der Waals surface area contributed by atoms with E-state index in [0.29, 0.717) is 54.2 Å². The molecule has 10 heteroatoms. The van der Waals surface area contributed by atoms with Crippen LogP contribution in [0.25, 0.3) is 10.9 Å². The number of pyridine rings is 1. The first-order valence-corrected chi connectivity index (χ1v) is 14.1. The van der Waals surface area contributed by atoms with Gasteiger partial charge in [0, 0.05) is 17.0 Å². The fraction of sp³-hybridized carbons (Fsp3) is 0.312. The summed E-state index contributed by atoms with van der Waals surface area (Å²) in [7, 11) is 0. The van der Waals surface area contributed by atoms with Crippen molar-refractivity contribution in [2.24, 2.45) is 0 Å². The maximum atomic E-state index is 14.5. The van der Waals surface area contributed by atoms with Crippen LogP contribution in [0.15, 0.2) is 66.9 Å². The summed E-state index contributed by atoms with van der Waals surface area (Å²) < 4.78 is 1.49. The summed E-state index contributed by atoms with van der Waals surface area (Å²) in [5, 5.41) is 15.0. The molecule has 3 aliphatic rings. The van der Waals surface area contributed by atoms with E-state index in [0.717, 1.165) is 11.3 Å². The maximum Gasteiger partial charge on any atom is 0.433 e. The summed E-state index contributed by atoms with van der Waals surface area (Å²) in [6.45, 7) is 7.68. The molecule has 2 bridgehead atoms. The van der Waals surface area contributed by atoms with Crippen molar-refractivity contribution in [3.63, 3.8) is 0 Å². The number of Topliss-reactive ketones (excluding diaryl/α,β-unsaturated/α-hetero) is 1. The summed E-state index contributed by atoms with van der Waals surface area (Å²) in [5.41, 5.74) is 3.15. The number of imide groups is 1. The second-order valence-electron chi connectivity index (χ2n) is 12.4. The number of hydrogen-bond donors (Lipinski definition) is 0. The molecule has 4 unspecified atom stereocenters. The van der Waals surface area contributed by atoms with E-state index in [1.807, 2.05) is 41.3 Å². The monoisotopic (exact) mass is 560 g/mol. The highest BCUT2D eigenvalue weighted by Crippen LogP contribution is 2.45. The van der Waals surface area contributed by atoms with Gasteiger partial charge in [0.25, 0.3) is 5.91 Å². The Morgan fingerprint density at radius 3 is 2.60 bits per heavy atom. The van der Waals surface area contributed by atoms with Gasteiger partial charge in [-0.1, -0.05) is 51.1 Å². The molecule has 3 fully saturated rings. The van der Waals surface area contributed by atoms with Gasteiger partial charge < -0.3 is 0 Å². The van der Waals surface area contributed by atoms with E-state index in [1.165, 1.54) is 4.90 Å². The highest BCUT2D eigenvalue weighted by Gasteiger charge is 2.73. The number of carbonyl (C=O) groups is 3. The van der Waals surface area contributed by atoms with Crippen molar-refractivity contribution < 1.29 is 18.9 Å². The van der Waals surface area contributed by atoms with Crippen LogP contribution < -0.4 is 4.90 Å². The molecular formula is C32H30N7O3+. The molecule has 3 aliphatic heterocycles. The lowest BCUT2D eigenvalue weighted by molar-refractivity contribution is -0.852. The zero-order chi connectivity index (χ0) is 29.4. The zero-order valence-electron chi connectivity index (χ0n) is 23.7. The maximum absolute atomic E-state index is 14.5. The number of nitrogens with zero attached hydrogens (tertiary/aromatic N) is 7. The summed E-state index contributed by atoms with van der Waals surface area (Å²) in [6.07, 6.45) is 1.58. The van der Waals surface area contributed by atoms with Crippen LogP contribution in [0.5, 0.6) is 0 Å². The van der Waals surface area contributed by atoms with Crippen LogP contribution >= 0.6 is 0 Å². The molecule has 210 valence electrons. The number of aromatic nitrogens is 3. The Hall–Kier alpha value is -4.72. The molecule has 3 amide bonds. The van der Waals surface area contributed by atoms with Gasteiger partial charge in [0.1, 0.15) is 18.4 Å². The number of benzene rings is 2. The first kappa shape index (κ1) is 26.2. The van der Waals surface area contributed by atoms with Gasteiger partial charge in [0.2, 0.25) is 5.78 Å². The summed E-state index contributed by atoms with van der Waals surface area (Å²) >= 11 is 0. The number of quaternary nitrogens is 1. The van der Waals surface area contributed by atoms with Crippen LogP contribution in [-0.4, -0.2) is 73.7 Å². The number of anilines is 1. The van der Waals surface area contributed by atoms with E-state index in [1.54, 1.807) is 35.1 Å². The van der Waals surface area contributed by atoms with E-state index in [9.17, 15) is 19.6 Å².